The van der Waals surface area contributed by atoms with E-state index in [1.165, 1.54) is 22.9 Å². The summed E-state index contributed by atoms with van der Waals surface area (Å²) in [6.45, 7) is 4.69. The van der Waals surface area contributed by atoms with Crippen LogP contribution >= 0.6 is 8.58 Å². The van der Waals surface area contributed by atoms with Crippen LogP contribution in [0.1, 0.15) is 36.5 Å². The highest BCUT2D eigenvalue weighted by Crippen LogP contribution is 2.55. The lowest BCUT2D eigenvalue weighted by Crippen LogP contribution is -2.29. The van der Waals surface area contributed by atoms with Gasteiger partial charge in [-0.3, -0.25) is 0 Å². The standard InChI is InChI=1S/C23H25P/c1-3-24-23(21-15-9-5-10-16-21,22-17-11-6-12-18-22)19(2)20-13-7-4-8-14-20/h4-19,24H,3H2,1-2H3. The minimum absolute atomic E-state index is 0.0264. The molecule has 1 heteroatoms. The summed E-state index contributed by atoms with van der Waals surface area (Å²) in [6, 6.07) is 33.1. The zero-order valence-corrected chi connectivity index (χ0v) is 15.4. The van der Waals surface area contributed by atoms with E-state index < -0.39 is 0 Å². The molecule has 0 nitrogen and oxygen atoms in total. The van der Waals surface area contributed by atoms with Gasteiger partial charge in [0.2, 0.25) is 0 Å². The third kappa shape index (κ3) is 3.17. The summed E-state index contributed by atoms with van der Waals surface area (Å²) >= 11 is 0. The Balaban J connectivity index is 2.23. The van der Waals surface area contributed by atoms with Gasteiger partial charge in [0.25, 0.3) is 0 Å². The largest absolute Gasteiger partial charge is 0.106 e. The van der Waals surface area contributed by atoms with Crippen molar-refractivity contribution in [1.29, 1.82) is 0 Å². The Morgan fingerprint density at radius 1 is 0.708 bits per heavy atom. The molecule has 0 spiro atoms. The van der Waals surface area contributed by atoms with Gasteiger partial charge in [-0.1, -0.05) is 105 Å². The average Bonchev–Trinajstić information content (AvgIpc) is 2.68. The minimum atomic E-state index is 0.0264. The van der Waals surface area contributed by atoms with E-state index in [2.05, 4.69) is 105 Å². The number of rotatable bonds is 6. The number of benzene rings is 3. The molecule has 0 amide bonds. The molecule has 0 saturated heterocycles. The molecule has 0 N–H and O–H groups in total. The Labute approximate surface area is 147 Å². The lowest BCUT2D eigenvalue weighted by atomic mass is 9.77. The molecular weight excluding hydrogens is 307 g/mol. The first-order valence-electron chi connectivity index (χ1n) is 8.70. The van der Waals surface area contributed by atoms with E-state index in [-0.39, 0.29) is 5.16 Å². The van der Waals surface area contributed by atoms with Crippen molar-refractivity contribution in [2.45, 2.75) is 24.9 Å². The van der Waals surface area contributed by atoms with Crippen LogP contribution in [-0.4, -0.2) is 6.16 Å². The van der Waals surface area contributed by atoms with E-state index in [0.29, 0.717) is 5.92 Å². The Bertz CT molecular complexity index is 695. The fourth-order valence-electron chi connectivity index (χ4n) is 3.70. The normalized spacial score (nSPS) is 13.2. The van der Waals surface area contributed by atoms with Gasteiger partial charge in [0.1, 0.15) is 0 Å². The van der Waals surface area contributed by atoms with Gasteiger partial charge < -0.3 is 0 Å². The first-order chi connectivity index (χ1) is 11.8. The van der Waals surface area contributed by atoms with Crippen LogP contribution in [0.5, 0.6) is 0 Å². The summed E-state index contributed by atoms with van der Waals surface area (Å²) in [7, 11) is 0.837. The quantitative estimate of drug-likeness (QED) is 0.456. The van der Waals surface area contributed by atoms with Crippen LogP contribution in [0.4, 0.5) is 0 Å². The molecule has 3 rings (SSSR count). The smallest absolute Gasteiger partial charge is 0.0438 e. The van der Waals surface area contributed by atoms with Gasteiger partial charge in [0.05, 0.1) is 0 Å². The van der Waals surface area contributed by atoms with Gasteiger partial charge in [-0.25, -0.2) is 0 Å². The molecule has 0 radical (unpaired) electrons. The number of hydrogen-bond acceptors (Lipinski definition) is 0. The highest BCUT2D eigenvalue weighted by molar-refractivity contribution is 7.40. The van der Waals surface area contributed by atoms with Crippen LogP contribution in [0.2, 0.25) is 0 Å². The molecule has 0 aromatic heterocycles. The maximum absolute atomic E-state index is 2.39. The van der Waals surface area contributed by atoms with Crippen LogP contribution < -0.4 is 0 Å². The Hall–Kier alpha value is -1.91. The molecule has 0 aliphatic carbocycles. The van der Waals surface area contributed by atoms with E-state index in [1.54, 1.807) is 0 Å². The molecular formula is C23H25P. The summed E-state index contributed by atoms with van der Waals surface area (Å²) in [6.07, 6.45) is 1.18. The third-order valence-electron chi connectivity index (χ3n) is 4.86. The van der Waals surface area contributed by atoms with E-state index in [9.17, 15) is 0 Å². The van der Waals surface area contributed by atoms with Gasteiger partial charge in [0, 0.05) is 5.16 Å². The first-order valence-corrected chi connectivity index (χ1v) is 9.90. The molecule has 3 aromatic carbocycles. The Kier molecular flexibility index (Phi) is 5.48. The maximum atomic E-state index is 2.39. The summed E-state index contributed by atoms with van der Waals surface area (Å²) in [5.41, 5.74) is 4.26. The number of hydrogen-bond donors (Lipinski definition) is 0. The summed E-state index contributed by atoms with van der Waals surface area (Å²) < 4.78 is 0. The monoisotopic (exact) mass is 332 g/mol. The van der Waals surface area contributed by atoms with E-state index in [4.69, 9.17) is 0 Å². The van der Waals surface area contributed by atoms with Gasteiger partial charge in [-0.15, -0.1) is 8.58 Å². The maximum Gasteiger partial charge on any atom is 0.0438 e. The molecule has 24 heavy (non-hydrogen) atoms. The zero-order chi connectivity index (χ0) is 16.8. The zero-order valence-electron chi connectivity index (χ0n) is 14.4. The van der Waals surface area contributed by atoms with Crippen molar-refractivity contribution in [3.05, 3.63) is 108 Å². The molecule has 0 heterocycles. The second-order valence-corrected chi connectivity index (χ2v) is 8.05. The molecule has 3 aromatic rings. The minimum Gasteiger partial charge on any atom is -0.106 e. The lowest BCUT2D eigenvalue weighted by molar-refractivity contribution is 0.597. The van der Waals surface area contributed by atoms with Crippen molar-refractivity contribution in [2.75, 3.05) is 6.16 Å². The van der Waals surface area contributed by atoms with Crippen LogP contribution in [0.3, 0.4) is 0 Å². The van der Waals surface area contributed by atoms with Crippen molar-refractivity contribution in [3.8, 4) is 0 Å². The predicted molar refractivity (Wildman–Crippen MR) is 107 cm³/mol. The van der Waals surface area contributed by atoms with Crippen molar-refractivity contribution in [2.24, 2.45) is 0 Å². The average molecular weight is 332 g/mol. The van der Waals surface area contributed by atoms with Crippen LogP contribution in [-0.2, 0) is 5.16 Å². The van der Waals surface area contributed by atoms with Crippen molar-refractivity contribution >= 4 is 8.58 Å². The van der Waals surface area contributed by atoms with Crippen LogP contribution in [0.15, 0.2) is 91.0 Å². The van der Waals surface area contributed by atoms with Crippen molar-refractivity contribution in [1.82, 2.24) is 0 Å². The molecule has 0 aliphatic rings. The molecule has 2 atom stereocenters. The summed E-state index contributed by atoms with van der Waals surface area (Å²) in [5.74, 6) is 0.418. The highest BCUT2D eigenvalue weighted by atomic mass is 31.1. The fraction of sp³-hybridized carbons (Fsp3) is 0.217. The van der Waals surface area contributed by atoms with E-state index >= 15 is 0 Å². The third-order valence-corrected chi connectivity index (χ3v) is 6.78. The Morgan fingerprint density at radius 2 is 1.12 bits per heavy atom. The summed E-state index contributed by atoms with van der Waals surface area (Å²) in [5, 5.41) is 0.0264. The SMILES string of the molecule is CCPC(c1ccccc1)(c1ccccc1)C(C)c1ccccc1. The molecule has 2 unspecified atom stereocenters. The first kappa shape index (κ1) is 16.9. The predicted octanol–water partition coefficient (Wildman–Crippen LogP) is 6.43. The highest BCUT2D eigenvalue weighted by Gasteiger charge is 2.39. The van der Waals surface area contributed by atoms with E-state index in [0.717, 1.165) is 8.58 Å². The van der Waals surface area contributed by atoms with Gasteiger partial charge >= 0.3 is 0 Å². The summed E-state index contributed by atoms with van der Waals surface area (Å²) in [4.78, 5) is 0. The lowest BCUT2D eigenvalue weighted by Gasteiger charge is -2.41. The van der Waals surface area contributed by atoms with E-state index in [1.807, 2.05) is 0 Å². The fourth-order valence-corrected chi connectivity index (χ4v) is 5.47. The Morgan fingerprint density at radius 3 is 1.54 bits per heavy atom. The molecule has 0 bridgehead atoms. The molecule has 122 valence electrons. The van der Waals surface area contributed by atoms with Gasteiger partial charge in [0.15, 0.2) is 0 Å². The van der Waals surface area contributed by atoms with Gasteiger partial charge in [-0.05, 0) is 28.8 Å². The van der Waals surface area contributed by atoms with Crippen LogP contribution in [0.25, 0.3) is 0 Å². The van der Waals surface area contributed by atoms with Crippen LogP contribution in [0, 0.1) is 0 Å². The van der Waals surface area contributed by atoms with Crippen molar-refractivity contribution < 1.29 is 0 Å². The van der Waals surface area contributed by atoms with Gasteiger partial charge in [-0.2, -0.15) is 0 Å². The second kappa shape index (κ2) is 7.77. The molecule has 0 fully saturated rings. The van der Waals surface area contributed by atoms with Crippen molar-refractivity contribution in [3.63, 3.8) is 0 Å². The topological polar surface area (TPSA) is 0 Å². The molecule has 0 aliphatic heterocycles. The second-order valence-electron chi connectivity index (χ2n) is 6.20. The molecule has 0 saturated carbocycles.